The lowest BCUT2D eigenvalue weighted by molar-refractivity contribution is 1.18. The zero-order valence-electron chi connectivity index (χ0n) is 38.5. The van der Waals surface area contributed by atoms with Crippen molar-refractivity contribution in [2.75, 3.05) is 14.7 Å². The lowest BCUT2D eigenvalue weighted by Crippen LogP contribution is -2.14. The number of aromatic nitrogens is 1. The van der Waals surface area contributed by atoms with E-state index in [9.17, 15) is 0 Å². The van der Waals surface area contributed by atoms with Gasteiger partial charge in [0.1, 0.15) is 0 Å². The normalized spacial score (nSPS) is 11.1. The van der Waals surface area contributed by atoms with Gasteiger partial charge in [-0.25, -0.2) is 0 Å². The summed E-state index contributed by atoms with van der Waals surface area (Å²) in [7, 11) is 0. The van der Waals surface area contributed by atoms with E-state index < -0.39 is 0 Å². The van der Waals surface area contributed by atoms with E-state index in [-0.39, 0.29) is 0 Å². The van der Waals surface area contributed by atoms with Crippen LogP contribution in [0.25, 0.3) is 49.7 Å². The summed E-state index contributed by atoms with van der Waals surface area (Å²) in [6.45, 7) is 0. The SMILES string of the molecule is c1ccc(-c2ccc(N(c3ccccc3)c3cccc(N(c4cccc(N(c5ccccc5)c5ccc(-c6ccccc6)cc5)c4)c4ccc5c(c4)c4ccccc4n5-c4ccccc4)c3)cc2)cc1. The fourth-order valence-corrected chi connectivity index (χ4v) is 9.86. The molecule has 0 saturated heterocycles. The summed E-state index contributed by atoms with van der Waals surface area (Å²) in [4.78, 5) is 7.10. The number of para-hydroxylation sites is 4. The summed E-state index contributed by atoms with van der Waals surface area (Å²) in [6.07, 6.45) is 0. The lowest BCUT2D eigenvalue weighted by atomic mass is 10.0. The van der Waals surface area contributed by atoms with Crippen LogP contribution in [0.2, 0.25) is 0 Å². The molecule has 12 aromatic rings. The van der Waals surface area contributed by atoms with Crippen LogP contribution in [-0.2, 0) is 0 Å². The van der Waals surface area contributed by atoms with Crippen molar-refractivity contribution < 1.29 is 0 Å². The molecule has 0 atom stereocenters. The first-order valence-corrected chi connectivity index (χ1v) is 23.8. The Bertz CT molecular complexity index is 3520. The molecule has 0 N–H and O–H groups in total. The van der Waals surface area contributed by atoms with Gasteiger partial charge >= 0.3 is 0 Å². The van der Waals surface area contributed by atoms with Crippen molar-refractivity contribution in [3.63, 3.8) is 0 Å². The quantitative estimate of drug-likeness (QED) is 0.121. The Labute approximate surface area is 409 Å². The van der Waals surface area contributed by atoms with Crippen molar-refractivity contribution in [2.24, 2.45) is 0 Å². The average Bonchev–Trinajstić information content (AvgIpc) is 3.77. The molecule has 0 saturated carbocycles. The van der Waals surface area contributed by atoms with Crippen LogP contribution in [0.4, 0.5) is 51.2 Å². The minimum Gasteiger partial charge on any atom is -0.310 e. The molecule has 0 unspecified atom stereocenters. The molecule has 12 rings (SSSR count). The lowest BCUT2D eigenvalue weighted by Gasteiger charge is -2.31. The Morgan fingerprint density at radius 3 is 0.986 bits per heavy atom. The van der Waals surface area contributed by atoms with Crippen LogP contribution in [0, 0.1) is 0 Å². The minimum absolute atomic E-state index is 1.03. The fourth-order valence-electron chi connectivity index (χ4n) is 9.86. The molecule has 1 heterocycles. The van der Waals surface area contributed by atoms with Crippen LogP contribution < -0.4 is 14.7 Å². The fraction of sp³-hybridized carbons (Fsp3) is 0. The van der Waals surface area contributed by atoms with Gasteiger partial charge in [-0.2, -0.15) is 0 Å². The first-order chi connectivity index (χ1) is 34.7. The molecule has 11 aromatic carbocycles. The third-order valence-corrected chi connectivity index (χ3v) is 13.1. The van der Waals surface area contributed by atoms with E-state index in [1.165, 1.54) is 38.5 Å². The molecule has 332 valence electrons. The topological polar surface area (TPSA) is 14.7 Å². The average molecular weight is 897 g/mol. The summed E-state index contributed by atoms with van der Waals surface area (Å²) in [5.41, 5.74) is 17.7. The molecule has 0 spiro atoms. The molecule has 70 heavy (non-hydrogen) atoms. The summed E-state index contributed by atoms with van der Waals surface area (Å²) in [5.74, 6) is 0. The summed E-state index contributed by atoms with van der Waals surface area (Å²) in [5, 5.41) is 2.39. The van der Waals surface area contributed by atoms with Gasteiger partial charge in [-0.15, -0.1) is 0 Å². The van der Waals surface area contributed by atoms with E-state index in [0.29, 0.717) is 0 Å². The molecular formula is C66H48N4. The highest BCUT2D eigenvalue weighted by atomic mass is 15.2. The Hall–Kier alpha value is -9.38. The van der Waals surface area contributed by atoms with Gasteiger partial charge in [-0.05, 0) is 144 Å². The number of rotatable bonds is 12. The maximum atomic E-state index is 2.41. The maximum Gasteiger partial charge on any atom is 0.0542 e. The first kappa shape index (κ1) is 42.0. The number of fused-ring (bicyclic) bond motifs is 3. The largest absolute Gasteiger partial charge is 0.310 e. The predicted octanol–water partition coefficient (Wildman–Crippen LogP) is 18.5. The van der Waals surface area contributed by atoms with E-state index in [0.717, 1.165) is 62.4 Å². The molecule has 0 aliphatic carbocycles. The van der Waals surface area contributed by atoms with Gasteiger partial charge in [0.15, 0.2) is 0 Å². The highest BCUT2D eigenvalue weighted by Crippen LogP contribution is 2.45. The molecule has 0 fully saturated rings. The highest BCUT2D eigenvalue weighted by molar-refractivity contribution is 6.10. The van der Waals surface area contributed by atoms with Crippen LogP contribution in [0.15, 0.2) is 291 Å². The van der Waals surface area contributed by atoms with Gasteiger partial charge in [0.05, 0.1) is 11.0 Å². The standard InChI is InChI=1S/C66H48N4/c1-6-20-49(21-7-1)51-36-40-56(41-37-51)67(53-24-10-3-11-25-53)58-30-18-32-60(46-58)69(62-44-45-66-64(48-62)63-34-16-17-35-65(63)70(66)55-28-14-5-15-29-55)61-33-19-31-59(47-61)68(54-26-12-4-13-27-54)57-42-38-52(39-43-57)50-22-8-2-9-23-50/h1-48H. The third-order valence-electron chi connectivity index (χ3n) is 13.1. The predicted molar refractivity (Wildman–Crippen MR) is 296 cm³/mol. The highest BCUT2D eigenvalue weighted by Gasteiger charge is 2.22. The van der Waals surface area contributed by atoms with Gasteiger partial charge in [-0.1, -0.05) is 170 Å². The van der Waals surface area contributed by atoms with Crippen LogP contribution in [0.5, 0.6) is 0 Å². The number of anilines is 9. The second-order valence-electron chi connectivity index (χ2n) is 17.4. The third kappa shape index (κ3) is 8.14. The van der Waals surface area contributed by atoms with Crippen LogP contribution in [0.1, 0.15) is 0 Å². The maximum absolute atomic E-state index is 2.41. The zero-order valence-corrected chi connectivity index (χ0v) is 38.5. The Kier molecular flexibility index (Phi) is 11.2. The van der Waals surface area contributed by atoms with Crippen molar-refractivity contribution >= 4 is 73.0 Å². The Morgan fingerprint density at radius 2 is 0.514 bits per heavy atom. The number of benzene rings is 11. The van der Waals surface area contributed by atoms with E-state index in [4.69, 9.17) is 0 Å². The van der Waals surface area contributed by atoms with Crippen LogP contribution in [0.3, 0.4) is 0 Å². The number of nitrogens with zero attached hydrogens (tertiary/aromatic N) is 4. The molecule has 1 aromatic heterocycles. The van der Waals surface area contributed by atoms with Gasteiger partial charge < -0.3 is 19.3 Å². The van der Waals surface area contributed by atoms with Crippen molar-refractivity contribution in [3.8, 4) is 27.9 Å². The van der Waals surface area contributed by atoms with Gasteiger partial charge in [0.25, 0.3) is 0 Å². The van der Waals surface area contributed by atoms with Gasteiger partial charge in [0, 0.05) is 67.6 Å². The summed E-state index contributed by atoms with van der Waals surface area (Å²) < 4.78 is 2.38. The number of hydrogen-bond acceptors (Lipinski definition) is 3. The zero-order chi connectivity index (χ0) is 46.6. The molecule has 0 radical (unpaired) electrons. The molecule has 4 nitrogen and oxygen atoms in total. The first-order valence-electron chi connectivity index (χ1n) is 23.8. The smallest absolute Gasteiger partial charge is 0.0542 e. The Balaban J connectivity index is 1.03. The summed E-state index contributed by atoms with van der Waals surface area (Å²) in [6, 6.07) is 104. The van der Waals surface area contributed by atoms with Crippen molar-refractivity contribution in [3.05, 3.63) is 291 Å². The van der Waals surface area contributed by atoms with Gasteiger partial charge in [-0.3, -0.25) is 0 Å². The van der Waals surface area contributed by atoms with E-state index in [1.807, 2.05) is 0 Å². The molecule has 0 aliphatic heterocycles. The Morgan fingerprint density at radius 1 is 0.200 bits per heavy atom. The van der Waals surface area contributed by atoms with E-state index in [1.54, 1.807) is 0 Å². The summed E-state index contributed by atoms with van der Waals surface area (Å²) >= 11 is 0. The monoisotopic (exact) mass is 896 g/mol. The van der Waals surface area contributed by atoms with Crippen LogP contribution in [-0.4, -0.2) is 4.57 Å². The van der Waals surface area contributed by atoms with Gasteiger partial charge in [0.2, 0.25) is 0 Å². The van der Waals surface area contributed by atoms with E-state index in [2.05, 4.69) is 310 Å². The van der Waals surface area contributed by atoms with Crippen molar-refractivity contribution in [2.45, 2.75) is 0 Å². The van der Waals surface area contributed by atoms with Crippen molar-refractivity contribution in [1.29, 1.82) is 0 Å². The van der Waals surface area contributed by atoms with Crippen molar-refractivity contribution in [1.82, 2.24) is 4.57 Å². The minimum atomic E-state index is 1.03. The molecule has 0 amide bonds. The molecular weight excluding hydrogens is 849 g/mol. The molecule has 0 bridgehead atoms. The second-order valence-corrected chi connectivity index (χ2v) is 17.4. The second kappa shape index (κ2) is 18.7. The van der Waals surface area contributed by atoms with E-state index >= 15 is 0 Å². The molecule has 0 aliphatic rings. The number of hydrogen-bond donors (Lipinski definition) is 0. The molecule has 4 heteroatoms. The van der Waals surface area contributed by atoms with Crippen LogP contribution >= 0.6 is 0 Å².